The standard InChI is InChI=1S/C19H19NO2/c1-12-5-4-6-16(13(12)2)11-17(21)9-15-7-8-18-19(10-15)22-14(3)20-18/h4-8,10,20H,3,9,11H2,1-2H3. The first kappa shape index (κ1) is 14.4. The predicted octanol–water partition coefficient (Wildman–Crippen LogP) is 3.93. The van der Waals surface area contributed by atoms with Gasteiger partial charge in [0.15, 0.2) is 11.6 Å². The summed E-state index contributed by atoms with van der Waals surface area (Å²) in [7, 11) is 0. The number of Topliss-reactive ketones (excluding diaryl/α,β-unsaturated/α-hetero) is 1. The summed E-state index contributed by atoms with van der Waals surface area (Å²) in [5.74, 6) is 1.47. The maximum Gasteiger partial charge on any atom is 0.190 e. The molecule has 3 rings (SSSR count). The fourth-order valence-corrected chi connectivity index (χ4v) is 2.68. The number of nitrogens with one attached hydrogen (secondary N) is 1. The molecule has 0 amide bonds. The summed E-state index contributed by atoms with van der Waals surface area (Å²) in [6, 6.07) is 11.9. The molecule has 0 fully saturated rings. The molecule has 0 unspecified atom stereocenters. The van der Waals surface area contributed by atoms with Crippen molar-refractivity contribution in [3.8, 4) is 5.75 Å². The molecule has 1 aliphatic heterocycles. The van der Waals surface area contributed by atoms with Crippen LogP contribution in [0.1, 0.15) is 22.3 Å². The molecule has 0 atom stereocenters. The third kappa shape index (κ3) is 2.89. The monoisotopic (exact) mass is 293 g/mol. The number of rotatable bonds is 4. The summed E-state index contributed by atoms with van der Waals surface area (Å²) in [6.45, 7) is 7.87. The lowest BCUT2D eigenvalue weighted by Crippen LogP contribution is -2.08. The van der Waals surface area contributed by atoms with Crippen LogP contribution in [0.3, 0.4) is 0 Å². The van der Waals surface area contributed by atoms with Gasteiger partial charge in [0.05, 0.1) is 5.69 Å². The third-order valence-corrected chi connectivity index (χ3v) is 4.06. The Labute approximate surface area is 130 Å². The van der Waals surface area contributed by atoms with Crippen molar-refractivity contribution >= 4 is 11.5 Å². The fourth-order valence-electron chi connectivity index (χ4n) is 2.68. The van der Waals surface area contributed by atoms with Crippen LogP contribution < -0.4 is 10.1 Å². The summed E-state index contributed by atoms with van der Waals surface area (Å²) in [6.07, 6.45) is 0.882. The van der Waals surface area contributed by atoms with E-state index in [9.17, 15) is 4.79 Å². The largest absolute Gasteiger partial charge is 0.440 e. The quantitative estimate of drug-likeness (QED) is 0.928. The normalized spacial score (nSPS) is 12.5. The molecule has 1 N–H and O–H groups in total. The molecule has 0 radical (unpaired) electrons. The number of aryl methyl sites for hydroxylation is 1. The van der Waals surface area contributed by atoms with Crippen LogP contribution in [-0.2, 0) is 17.6 Å². The van der Waals surface area contributed by atoms with Gasteiger partial charge in [-0.05, 0) is 54.8 Å². The highest BCUT2D eigenvalue weighted by atomic mass is 16.5. The van der Waals surface area contributed by atoms with Crippen LogP contribution in [0, 0.1) is 13.8 Å². The van der Waals surface area contributed by atoms with Crippen LogP contribution in [0.15, 0.2) is 48.9 Å². The van der Waals surface area contributed by atoms with Gasteiger partial charge in [-0.3, -0.25) is 4.79 Å². The van der Waals surface area contributed by atoms with E-state index < -0.39 is 0 Å². The molecular weight excluding hydrogens is 274 g/mol. The molecule has 3 heteroatoms. The molecule has 112 valence electrons. The number of carbonyl (C=O) groups is 1. The van der Waals surface area contributed by atoms with Crippen molar-refractivity contribution in [3.63, 3.8) is 0 Å². The van der Waals surface area contributed by atoms with Crippen molar-refractivity contribution < 1.29 is 9.53 Å². The first-order chi connectivity index (χ1) is 10.5. The Morgan fingerprint density at radius 1 is 1.18 bits per heavy atom. The van der Waals surface area contributed by atoms with Crippen molar-refractivity contribution in [2.75, 3.05) is 5.32 Å². The van der Waals surface area contributed by atoms with E-state index in [1.54, 1.807) is 0 Å². The predicted molar refractivity (Wildman–Crippen MR) is 88.2 cm³/mol. The van der Waals surface area contributed by atoms with E-state index in [-0.39, 0.29) is 5.78 Å². The summed E-state index contributed by atoms with van der Waals surface area (Å²) in [5.41, 5.74) is 5.40. The molecule has 0 aromatic heterocycles. The molecule has 1 aliphatic rings. The minimum absolute atomic E-state index is 0.207. The number of anilines is 1. The SMILES string of the molecule is C=C1Nc2ccc(CC(=O)Cc3cccc(C)c3C)cc2O1. The smallest absolute Gasteiger partial charge is 0.190 e. The van der Waals surface area contributed by atoms with Crippen molar-refractivity contribution in [2.24, 2.45) is 0 Å². The van der Waals surface area contributed by atoms with Crippen molar-refractivity contribution in [3.05, 3.63) is 71.1 Å². The fraction of sp³-hybridized carbons (Fsp3) is 0.211. The van der Waals surface area contributed by atoms with Gasteiger partial charge in [-0.25, -0.2) is 0 Å². The average Bonchev–Trinajstić information content (AvgIpc) is 2.83. The number of fused-ring (bicyclic) bond motifs is 1. The molecule has 0 bridgehead atoms. The zero-order valence-electron chi connectivity index (χ0n) is 12.9. The minimum atomic E-state index is 0.207. The Bertz CT molecular complexity index is 762. The van der Waals surface area contributed by atoms with Crippen LogP contribution in [-0.4, -0.2) is 5.78 Å². The third-order valence-electron chi connectivity index (χ3n) is 4.06. The molecular formula is C19H19NO2. The van der Waals surface area contributed by atoms with Crippen molar-refractivity contribution in [1.29, 1.82) is 0 Å². The lowest BCUT2D eigenvalue weighted by Gasteiger charge is -2.08. The van der Waals surface area contributed by atoms with E-state index in [1.165, 1.54) is 11.1 Å². The lowest BCUT2D eigenvalue weighted by molar-refractivity contribution is -0.117. The molecule has 0 saturated carbocycles. The number of carbonyl (C=O) groups excluding carboxylic acids is 1. The maximum absolute atomic E-state index is 12.3. The zero-order valence-corrected chi connectivity index (χ0v) is 12.9. The maximum atomic E-state index is 12.3. The van der Waals surface area contributed by atoms with Gasteiger partial charge in [-0.15, -0.1) is 0 Å². The molecule has 2 aromatic rings. The highest BCUT2D eigenvalue weighted by Crippen LogP contribution is 2.33. The topological polar surface area (TPSA) is 38.3 Å². The first-order valence-corrected chi connectivity index (χ1v) is 7.36. The van der Waals surface area contributed by atoms with Crippen molar-refractivity contribution in [1.82, 2.24) is 0 Å². The average molecular weight is 293 g/mol. The molecule has 0 spiro atoms. The molecule has 1 heterocycles. The van der Waals surface area contributed by atoms with E-state index in [0.29, 0.717) is 18.7 Å². The summed E-state index contributed by atoms with van der Waals surface area (Å²) >= 11 is 0. The van der Waals surface area contributed by atoms with Crippen LogP contribution in [0.4, 0.5) is 5.69 Å². The number of benzene rings is 2. The van der Waals surface area contributed by atoms with Crippen LogP contribution >= 0.6 is 0 Å². The van der Waals surface area contributed by atoms with Crippen LogP contribution in [0.5, 0.6) is 5.75 Å². The second kappa shape index (κ2) is 5.68. The van der Waals surface area contributed by atoms with E-state index in [1.807, 2.05) is 30.3 Å². The van der Waals surface area contributed by atoms with Gasteiger partial charge in [-0.1, -0.05) is 24.3 Å². The van der Waals surface area contributed by atoms with E-state index in [4.69, 9.17) is 4.74 Å². The summed E-state index contributed by atoms with van der Waals surface area (Å²) in [5, 5.41) is 3.03. The van der Waals surface area contributed by atoms with Gasteiger partial charge >= 0.3 is 0 Å². The zero-order chi connectivity index (χ0) is 15.7. The van der Waals surface area contributed by atoms with Gasteiger partial charge in [0, 0.05) is 12.8 Å². The summed E-state index contributed by atoms with van der Waals surface area (Å²) in [4.78, 5) is 12.3. The van der Waals surface area contributed by atoms with Gasteiger partial charge in [0.1, 0.15) is 5.78 Å². The van der Waals surface area contributed by atoms with E-state index in [0.717, 1.165) is 22.6 Å². The van der Waals surface area contributed by atoms with Crippen LogP contribution in [0.2, 0.25) is 0 Å². The van der Waals surface area contributed by atoms with Gasteiger partial charge in [-0.2, -0.15) is 0 Å². The molecule has 0 aliphatic carbocycles. The molecule has 22 heavy (non-hydrogen) atoms. The first-order valence-electron chi connectivity index (χ1n) is 7.36. The molecule has 2 aromatic carbocycles. The van der Waals surface area contributed by atoms with Crippen molar-refractivity contribution in [2.45, 2.75) is 26.7 Å². The Morgan fingerprint density at radius 3 is 2.82 bits per heavy atom. The molecule has 0 saturated heterocycles. The highest BCUT2D eigenvalue weighted by molar-refractivity contribution is 5.84. The van der Waals surface area contributed by atoms with Gasteiger partial charge in [0.2, 0.25) is 0 Å². The van der Waals surface area contributed by atoms with Crippen LogP contribution in [0.25, 0.3) is 0 Å². The number of hydrogen-bond donors (Lipinski definition) is 1. The second-order valence-electron chi connectivity index (χ2n) is 5.73. The Balaban J connectivity index is 1.71. The number of ether oxygens (including phenoxy) is 1. The Morgan fingerprint density at radius 2 is 2.00 bits per heavy atom. The number of ketones is 1. The van der Waals surface area contributed by atoms with Gasteiger partial charge in [0.25, 0.3) is 0 Å². The highest BCUT2D eigenvalue weighted by Gasteiger charge is 2.16. The van der Waals surface area contributed by atoms with Gasteiger partial charge < -0.3 is 10.1 Å². The molecule has 3 nitrogen and oxygen atoms in total. The number of hydrogen-bond acceptors (Lipinski definition) is 3. The second-order valence-corrected chi connectivity index (χ2v) is 5.73. The summed E-state index contributed by atoms with van der Waals surface area (Å²) < 4.78 is 5.47. The Kier molecular flexibility index (Phi) is 3.72. The van der Waals surface area contributed by atoms with E-state index in [2.05, 4.69) is 31.8 Å². The van der Waals surface area contributed by atoms with E-state index >= 15 is 0 Å². The minimum Gasteiger partial charge on any atom is -0.440 e. The Hall–Kier alpha value is -2.55. The lowest BCUT2D eigenvalue weighted by atomic mass is 9.97.